The van der Waals surface area contributed by atoms with E-state index in [9.17, 15) is 4.79 Å². The molecule has 3 nitrogen and oxygen atoms in total. The Morgan fingerprint density at radius 1 is 1.18 bits per heavy atom. The number of halogens is 1. The Morgan fingerprint density at radius 3 is 2.59 bits per heavy atom. The largest absolute Gasteiger partial charge is 0.497 e. The van der Waals surface area contributed by atoms with Gasteiger partial charge in [0.2, 0.25) is 0 Å². The van der Waals surface area contributed by atoms with Crippen molar-refractivity contribution in [3.63, 3.8) is 0 Å². The van der Waals surface area contributed by atoms with Gasteiger partial charge in [0, 0.05) is 11.0 Å². The van der Waals surface area contributed by atoms with Gasteiger partial charge in [0.05, 0.1) is 18.7 Å². The summed E-state index contributed by atoms with van der Waals surface area (Å²) < 4.78 is 6.05. The van der Waals surface area contributed by atoms with E-state index in [0.29, 0.717) is 0 Å². The fourth-order valence-electron chi connectivity index (χ4n) is 2.97. The van der Waals surface area contributed by atoms with Crippen molar-refractivity contribution >= 4 is 21.8 Å². The fourth-order valence-corrected chi connectivity index (χ4v) is 3.43. The smallest absolute Gasteiger partial charge is 0.255 e. The maximum atomic E-state index is 12.8. The van der Waals surface area contributed by atoms with Crippen molar-refractivity contribution in [3.8, 4) is 5.75 Å². The number of nitrogens with zero attached hydrogens (tertiary/aromatic N) is 1. The van der Waals surface area contributed by atoms with Crippen LogP contribution in [0.2, 0.25) is 0 Å². The molecule has 1 fully saturated rings. The van der Waals surface area contributed by atoms with E-state index in [1.807, 2.05) is 41.3 Å². The zero-order chi connectivity index (χ0) is 15.5. The first-order valence-corrected chi connectivity index (χ1v) is 8.19. The number of hydrogen-bond donors (Lipinski definition) is 0. The van der Waals surface area contributed by atoms with Crippen LogP contribution in [0.1, 0.15) is 34.8 Å². The van der Waals surface area contributed by atoms with Crippen molar-refractivity contribution in [3.05, 3.63) is 64.1 Å². The normalized spacial score (nSPS) is 17.5. The van der Waals surface area contributed by atoms with Gasteiger partial charge >= 0.3 is 0 Å². The fraction of sp³-hybridized carbons (Fsp3) is 0.278. The van der Waals surface area contributed by atoms with Gasteiger partial charge in [-0.1, -0.05) is 24.3 Å². The van der Waals surface area contributed by atoms with Gasteiger partial charge in [-0.2, -0.15) is 0 Å². The van der Waals surface area contributed by atoms with Crippen LogP contribution in [-0.4, -0.2) is 24.5 Å². The standard InChI is InChI=1S/C18H18BrNO2/c1-22-14-10-8-13(9-11-14)17-7-4-12-20(17)18(21)15-5-2-3-6-16(15)19/h2-3,5-6,8-11,17H,4,7,12H2,1H3. The number of methoxy groups -OCH3 is 1. The third-order valence-corrected chi connectivity index (χ3v) is 4.81. The molecule has 1 heterocycles. The predicted octanol–water partition coefficient (Wildman–Crippen LogP) is 4.44. The van der Waals surface area contributed by atoms with Gasteiger partial charge in [-0.15, -0.1) is 0 Å². The molecule has 3 rings (SSSR count). The molecule has 1 aliphatic rings. The van der Waals surface area contributed by atoms with Crippen LogP contribution in [0.4, 0.5) is 0 Å². The van der Waals surface area contributed by atoms with E-state index in [4.69, 9.17) is 4.74 Å². The Morgan fingerprint density at radius 2 is 1.91 bits per heavy atom. The third-order valence-electron chi connectivity index (χ3n) is 4.12. The lowest BCUT2D eigenvalue weighted by Gasteiger charge is -2.25. The minimum Gasteiger partial charge on any atom is -0.497 e. The van der Waals surface area contributed by atoms with Gasteiger partial charge < -0.3 is 9.64 Å². The molecule has 22 heavy (non-hydrogen) atoms. The van der Waals surface area contributed by atoms with Crippen molar-refractivity contribution in [2.75, 3.05) is 13.7 Å². The summed E-state index contributed by atoms with van der Waals surface area (Å²) in [5.74, 6) is 0.927. The summed E-state index contributed by atoms with van der Waals surface area (Å²) in [7, 11) is 1.66. The summed E-state index contributed by atoms with van der Waals surface area (Å²) in [6.07, 6.45) is 2.04. The topological polar surface area (TPSA) is 29.5 Å². The van der Waals surface area contributed by atoms with Crippen LogP contribution in [0.3, 0.4) is 0 Å². The quantitative estimate of drug-likeness (QED) is 0.810. The molecule has 2 aromatic carbocycles. The minimum absolute atomic E-state index is 0.0887. The minimum atomic E-state index is 0.0887. The molecule has 114 valence electrons. The molecule has 4 heteroatoms. The van der Waals surface area contributed by atoms with E-state index in [1.54, 1.807) is 7.11 Å². The summed E-state index contributed by atoms with van der Waals surface area (Å²) in [4.78, 5) is 14.8. The van der Waals surface area contributed by atoms with E-state index in [-0.39, 0.29) is 11.9 Å². The number of hydrogen-bond acceptors (Lipinski definition) is 2. The van der Waals surface area contributed by atoms with Gasteiger partial charge in [0.15, 0.2) is 0 Å². The SMILES string of the molecule is COc1ccc(C2CCCN2C(=O)c2ccccc2Br)cc1. The first-order valence-electron chi connectivity index (χ1n) is 7.40. The molecule has 0 aliphatic carbocycles. The highest BCUT2D eigenvalue weighted by molar-refractivity contribution is 9.10. The van der Waals surface area contributed by atoms with Gasteiger partial charge in [0.1, 0.15) is 5.75 Å². The second-order valence-electron chi connectivity index (χ2n) is 5.41. The molecule has 2 aromatic rings. The molecule has 0 saturated carbocycles. The van der Waals surface area contributed by atoms with E-state index in [2.05, 4.69) is 28.1 Å². The van der Waals surface area contributed by atoms with Crippen LogP contribution in [0.5, 0.6) is 5.75 Å². The zero-order valence-electron chi connectivity index (χ0n) is 12.5. The van der Waals surface area contributed by atoms with Crippen molar-refractivity contribution in [1.29, 1.82) is 0 Å². The van der Waals surface area contributed by atoms with Crippen LogP contribution < -0.4 is 4.74 Å². The van der Waals surface area contributed by atoms with E-state index < -0.39 is 0 Å². The van der Waals surface area contributed by atoms with Crippen LogP contribution in [0.15, 0.2) is 53.0 Å². The Hall–Kier alpha value is -1.81. The van der Waals surface area contributed by atoms with Crippen molar-refractivity contribution < 1.29 is 9.53 Å². The van der Waals surface area contributed by atoms with Crippen LogP contribution in [0, 0.1) is 0 Å². The van der Waals surface area contributed by atoms with Crippen LogP contribution in [-0.2, 0) is 0 Å². The summed E-state index contributed by atoms with van der Waals surface area (Å²) >= 11 is 3.47. The maximum Gasteiger partial charge on any atom is 0.255 e. The highest BCUT2D eigenvalue weighted by Gasteiger charge is 2.31. The summed E-state index contributed by atoms with van der Waals surface area (Å²) in [6.45, 7) is 0.802. The second-order valence-corrected chi connectivity index (χ2v) is 6.26. The highest BCUT2D eigenvalue weighted by atomic mass is 79.9. The van der Waals surface area contributed by atoms with Gasteiger partial charge in [0.25, 0.3) is 5.91 Å². The lowest BCUT2D eigenvalue weighted by Crippen LogP contribution is -2.30. The summed E-state index contributed by atoms with van der Waals surface area (Å²) in [5.41, 5.74) is 1.89. The van der Waals surface area contributed by atoms with Crippen LogP contribution >= 0.6 is 15.9 Å². The van der Waals surface area contributed by atoms with Crippen molar-refractivity contribution in [2.24, 2.45) is 0 Å². The lowest BCUT2D eigenvalue weighted by molar-refractivity contribution is 0.0734. The number of benzene rings is 2. The molecule has 1 atom stereocenters. The number of likely N-dealkylation sites (tertiary alicyclic amines) is 1. The Balaban J connectivity index is 1.86. The number of carbonyl (C=O) groups excluding carboxylic acids is 1. The van der Waals surface area contributed by atoms with E-state index in [0.717, 1.165) is 35.2 Å². The number of ether oxygens (including phenoxy) is 1. The Kier molecular flexibility index (Phi) is 4.48. The first-order chi connectivity index (χ1) is 10.7. The Bertz CT molecular complexity index is 669. The molecular weight excluding hydrogens is 342 g/mol. The average molecular weight is 360 g/mol. The maximum absolute atomic E-state index is 12.8. The van der Waals surface area contributed by atoms with E-state index >= 15 is 0 Å². The van der Waals surface area contributed by atoms with Crippen LogP contribution in [0.25, 0.3) is 0 Å². The number of carbonyl (C=O) groups is 1. The third kappa shape index (κ3) is 2.88. The van der Waals surface area contributed by atoms with Crippen molar-refractivity contribution in [2.45, 2.75) is 18.9 Å². The number of amides is 1. The second kappa shape index (κ2) is 6.53. The Labute approximate surface area is 139 Å². The monoisotopic (exact) mass is 359 g/mol. The van der Waals surface area contributed by atoms with Crippen molar-refractivity contribution in [1.82, 2.24) is 4.90 Å². The molecule has 1 amide bonds. The summed E-state index contributed by atoms with van der Waals surface area (Å²) in [5, 5.41) is 0. The average Bonchev–Trinajstić information content (AvgIpc) is 3.04. The highest BCUT2D eigenvalue weighted by Crippen LogP contribution is 2.34. The molecule has 0 spiro atoms. The molecular formula is C18H18BrNO2. The number of rotatable bonds is 3. The predicted molar refractivity (Wildman–Crippen MR) is 90.1 cm³/mol. The summed E-state index contributed by atoms with van der Waals surface area (Å²) in [6, 6.07) is 15.8. The first kappa shape index (κ1) is 15.1. The lowest BCUT2D eigenvalue weighted by atomic mass is 10.0. The zero-order valence-corrected chi connectivity index (χ0v) is 14.0. The molecule has 1 aliphatic heterocycles. The molecule has 0 N–H and O–H groups in total. The molecule has 0 bridgehead atoms. The van der Waals surface area contributed by atoms with Gasteiger partial charge in [-0.25, -0.2) is 0 Å². The van der Waals surface area contributed by atoms with E-state index in [1.165, 1.54) is 5.56 Å². The van der Waals surface area contributed by atoms with Gasteiger partial charge in [-0.3, -0.25) is 4.79 Å². The molecule has 1 saturated heterocycles. The molecule has 1 unspecified atom stereocenters. The van der Waals surface area contributed by atoms with Gasteiger partial charge in [-0.05, 0) is 58.6 Å². The molecule has 0 aromatic heterocycles. The molecule has 0 radical (unpaired) electrons.